The smallest absolute Gasteiger partial charge is 0.256 e. The third kappa shape index (κ3) is 3.70. The summed E-state index contributed by atoms with van der Waals surface area (Å²) in [5.41, 5.74) is 3.74. The zero-order chi connectivity index (χ0) is 19.5. The van der Waals surface area contributed by atoms with Crippen molar-refractivity contribution >= 4 is 34.8 Å². The Morgan fingerprint density at radius 1 is 1.11 bits per heavy atom. The van der Waals surface area contributed by atoms with E-state index in [0.717, 1.165) is 22.5 Å². The molecule has 140 valence electrons. The number of pyridine rings is 1. The van der Waals surface area contributed by atoms with Gasteiger partial charge < -0.3 is 14.8 Å². The Morgan fingerprint density at radius 3 is 2.79 bits per heavy atom. The highest BCUT2D eigenvalue weighted by atomic mass is 35.5. The van der Waals surface area contributed by atoms with Gasteiger partial charge >= 0.3 is 0 Å². The van der Waals surface area contributed by atoms with Gasteiger partial charge in [-0.1, -0.05) is 23.7 Å². The molecule has 0 radical (unpaired) electrons. The van der Waals surface area contributed by atoms with Crippen molar-refractivity contribution in [3.05, 3.63) is 82.6 Å². The number of fused-ring (bicyclic) bond motifs is 1. The van der Waals surface area contributed by atoms with Crippen LogP contribution in [0.5, 0.6) is 11.5 Å². The van der Waals surface area contributed by atoms with Crippen molar-refractivity contribution in [1.82, 2.24) is 4.98 Å². The first kappa shape index (κ1) is 18.1. The second-order valence-electron chi connectivity index (χ2n) is 6.22. The molecule has 0 atom stereocenters. The SMILES string of the molecule is COc1cc(/C=C2/C(=O)Nc3ccc(Cl)cc32)ccc1OCc1ccccn1. The van der Waals surface area contributed by atoms with Gasteiger partial charge in [-0.2, -0.15) is 0 Å². The molecule has 2 aromatic carbocycles. The summed E-state index contributed by atoms with van der Waals surface area (Å²) >= 11 is 6.09. The molecule has 0 spiro atoms. The van der Waals surface area contributed by atoms with Crippen molar-refractivity contribution in [2.24, 2.45) is 0 Å². The Labute approximate surface area is 167 Å². The standard InChI is InChI=1S/C22H17ClN2O3/c1-27-21-11-14(5-8-20(21)28-13-16-4-2-3-9-24-16)10-18-17-12-15(23)6-7-19(17)25-22(18)26/h2-12H,13H2,1H3,(H,25,26)/b18-10+. The number of nitrogens with one attached hydrogen (secondary N) is 1. The number of halogens is 1. The zero-order valence-electron chi connectivity index (χ0n) is 15.1. The Balaban J connectivity index is 1.61. The third-order valence-electron chi connectivity index (χ3n) is 4.37. The minimum absolute atomic E-state index is 0.160. The average molecular weight is 393 g/mol. The molecule has 1 N–H and O–H groups in total. The van der Waals surface area contributed by atoms with Gasteiger partial charge in [0.1, 0.15) is 6.61 Å². The molecule has 0 fully saturated rings. The molecule has 5 nitrogen and oxygen atoms in total. The first-order chi connectivity index (χ1) is 13.6. The molecule has 28 heavy (non-hydrogen) atoms. The van der Waals surface area contributed by atoms with Crippen LogP contribution in [0.25, 0.3) is 11.6 Å². The lowest BCUT2D eigenvalue weighted by Crippen LogP contribution is -2.03. The summed E-state index contributed by atoms with van der Waals surface area (Å²) in [6.07, 6.45) is 3.53. The number of hydrogen-bond acceptors (Lipinski definition) is 4. The van der Waals surface area contributed by atoms with Crippen LogP contribution >= 0.6 is 11.6 Å². The Hall–Kier alpha value is -3.31. The number of anilines is 1. The van der Waals surface area contributed by atoms with E-state index in [0.29, 0.717) is 28.7 Å². The summed E-state index contributed by atoms with van der Waals surface area (Å²) in [4.78, 5) is 16.6. The fraction of sp³-hybridized carbons (Fsp3) is 0.0909. The van der Waals surface area contributed by atoms with Crippen LogP contribution in [-0.4, -0.2) is 18.0 Å². The summed E-state index contributed by atoms with van der Waals surface area (Å²) in [5.74, 6) is 1.02. The Morgan fingerprint density at radius 2 is 2.00 bits per heavy atom. The number of methoxy groups -OCH3 is 1. The minimum atomic E-state index is -0.160. The van der Waals surface area contributed by atoms with Crippen molar-refractivity contribution in [2.75, 3.05) is 12.4 Å². The van der Waals surface area contributed by atoms with Crippen LogP contribution in [0, 0.1) is 0 Å². The van der Waals surface area contributed by atoms with Crippen molar-refractivity contribution in [3.63, 3.8) is 0 Å². The molecule has 3 aromatic rings. The van der Waals surface area contributed by atoms with Crippen LogP contribution < -0.4 is 14.8 Å². The van der Waals surface area contributed by atoms with Gasteiger partial charge in [-0.15, -0.1) is 0 Å². The maximum atomic E-state index is 12.3. The van der Waals surface area contributed by atoms with E-state index >= 15 is 0 Å². The number of carbonyl (C=O) groups is 1. The van der Waals surface area contributed by atoms with Gasteiger partial charge in [-0.3, -0.25) is 9.78 Å². The quantitative estimate of drug-likeness (QED) is 0.632. The molecular weight excluding hydrogens is 376 g/mol. The first-order valence-electron chi connectivity index (χ1n) is 8.68. The monoisotopic (exact) mass is 392 g/mol. The van der Waals surface area contributed by atoms with Gasteiger partial charge in [0, 0.05) is 28.0 Å². The Bertz CT molecular complexity index is 1060. The molecule has 1 aliphatic rings. The second kappa shape index (κ2) is 7.74. The van der Waals surface area contributed by atoms with Crippen molar-refractivity contribution in [2.45, 2.75) is 6.61 Å². The summed E-state index contributed by atoms with van der Waals surface area (Å²) in [5, 5.41) is 3.43. The molecule has 2 heterocycles. The molecule has 1 amide bonds. The number of ether oxygens (including phenoxy) is 2. The highest BCUT2D eigenvalue weighted by Gasteiger charge is 2.24. The predicted octanol–water partition coefficient (Wildman–Crippen LogP) is 4.82. The number of nitrogens with zero attached hydrogens (tertiary/aromatic N) is 1. The van der Waals surface area contributed by atoms with E-state index in [1.54, 1.807) is 31.5 Å². The lowest BCUT2D eigenvalue weighted by molar-refractivity contribution is -0.110. The van der Waals surface area contributed by atoms with Gasteiger partial charge in [-0.25, -0.2) is 0 Å². The molecule has 0 saturated carbocycles. The fourth-order valence-electron chi connectivity index (χ4n) is 3.00. The van der Waals surface area contributed by atoms with Gasteiger partial charge in [0.15, 0.2) is 11.5 Å². The van der Waals surface area contributed by atoms with Crippen LogP contribution in [0.4, 0.5) is 5.69 Å². The van der Waals surface area contributed by atoms with Crippen LogP contribution in [0.1, 0.15) is 16.8 Å². The maximum Gasteiger partial charge on any atom is 0.256 e. The molecule has 4 rings (SSSR count). The van der Waals surface area contributed by atoms with Gasteiger partial charge in [-0.05, 0) is 54.1 Å². The Kier molecular flexibility index (Phi) is 5.00. The lowest BCUT2D eigenvalue weighted by atomic mass is 10.0. The van der Waals surface area contributed by atoms with E-state index in [1.165, 1.54) is 0 Å². The molecule has 0 unspecified atom stereocenters. The summed E-state index contributed by atoms with van der Waals surface area (Å²) in [6, 6.07) is 16.5. The van der Waals surface area contributed by atoms with Crippen molar-refractivity contribution in [1.29, 1.82) is 0 Å². The maximum absolute atomic E-state index is 12.3. The van der Waals surface area contributed by atoms with Gasteiger partial charge in [0.25, 0.3) is 5.91 Å². The lowest BCUT2D eigenvalue weighted by Gasteiger charge is -2.11. The molecule has 0 aliphatic carbocycles. The van der Waals surface area contributed by atoms with Crippen molar-refractivity contribution < 1.29 is 14.3 Å². The fourth-order valence-corrected chi connectivity index (χ4v) is 3.17. The number of carbonyl (C=O) groups excluding carboxylic acids is 1. The summed E-state index contributed by atoms with van der Waals surface area (Å²) in [6.45, 7) is 0.339. The van der Waals surface area contributed by atoms with E-state index in [4.69, 9.17) is 21.1 Å². The van der Waals surface area contributed by atoms with Crippen molar-refractivity contribution in [3.8, 4) is 11.5 Å². The third-order valence-corrected chi connectivity index (χ3v) is 4.60. The van der Waals surface area contributed by atoms with E-state index in [9.17, 15) is 4.79 Å². The highest BCUT2D eigenvalue weighted by molar-refractivity contribution is 6.36. The first-order valence-corrected chi connectivity index (χ1v) is 9.05. The average Bonchev–Trinajstić information content (AvgIpc) is 3.02. The molecule has 1 aliphatic heterocycles. The number of hydrogen-bond donors (Lipinski definition) is 1. The number of aromatic nitrogens is 1. The normalized spacial score (nSPS) is 13.9. The topological polar surface area (TPSA) is 60.5 Å². The van der Waals surface area contributed by atoms with Crippen LogP contribution in [0.15, 0.2) is 60.8 Å². The molecule has 0 saturated heterocycles. The van der Waals surface area contributed by atoms with Gasteiger partial charge in [0.05, 0.1) is 12.8 Å². The van der Waals surface area contributed by atoms with E-state index in [-0.39, 0.29) is 5.91 Å². The number of benzene rings is 2. The van der Waals surface area contributed by atoms with Crippen LogP contribution in [-0.2, 0) is 11.4 Å². The van der Waals surface area contributed by atoms with Crippen LogP contribution in [0.2, 0.25) is 5.02 Å². The molecule has 0 bridgehead atoms. The summed E-state index contributed by atoms with van der Waals surface area (Å²) < 4.78 is 11.3. The summed E-state index contributed by atoms with van der Waals surface area (Å²) in [7, 11) is 1.58. The number of rotatable bonds is 5. The van der Waals surface area contributed by atoms with E-state index in [1.807, 2.05) is 42.5 Å². The van der Waals surface area contributed by atoms with Crippen LogP contribution in [0.3, 0.4) is 0 Å². The minimum Gasteiger partial charge on any atom is -0.493 e. The largest absolute Gasteiger partial charge is 0.493 e. The second-order valence-corrected chi connectivity index (χ2v) is 6.66. The molecule has 1 aromatic heterocycles. The molecule has 6 heteroatoms. The zero-order valence-corrected chi connectivity index (χ0v) is 15.9. The van der Waals surface area contributed by atoms with Gasteiger partial charge in [0.2, 0.25) is 0 Å². The van der Waals surface area contributed by atoms with E-state index < -0.39 is 0 Å². The predicted molar refractivity (Wildman–Crippen MR) is 110 cm³/mol. The number of amides is 1. The van der Waals surface area contributed by atoms with E-state index in [2.05, 4.69) is 10.3 Å². The highest BCUT2D eigenvalue weighted by Crippen LogP contribution is 2.36. The molecular formula is C22H17ClN2O3.